The number of rotatable bonds is 4. The van der Waals surface area contributed by atoms with Crippen molar-refractivity contribution in [3.63, 3.8) is 0 Å². The highest BCUT2D eigenvalue weighted by Crippen LogP contribution is 2.09. The number of amides is 1. The molecule has 0 aliphatic heterocycles. The molecular formula is C12H13N5O2. The van der Waals surface area contributed by atoms with Crippen LogP contribution in [0.1, 0.15) is 16.1 Å². The van der Waals surface area contributed by atoms with E-state index < -0.39 is 0 Å². The van der Waals surface area contributed by atoms with Crippen LogP contribution in [0, 0.1) is 0 Å². The number of nitrogen functional groups attached to an aromatic ring is 1. The van der Waals surface area contributed by atoms with Gasteiger partial charge in [-0.1, -0.05) is 0 Å². The Balaban J connectivity index is 2.02. The highest BCUT2D eigenvalue weighted by molar-refractivity contribution is 5.96. The second-order valence-corrected chi connectivity index (χ2v) is 3.68. The van der Waals surface area contributed by atoms with Crippen LogP contribution in [-0.2, 0) is 6.54 Å². The predicted molar refractivity (Wildman–Crippen MR) is 68.4 cm³/mol. The van der Waals surface area contributed by atoms with E-state index >= 15 is 0 Å². The lowest BCUT2D eigenvalue weighted by Gasteiger charge is -2.06. The number of nitrogens with zero attached hydrogens (tertiary/aromatic N) is 3. The fourth-order valence-electron chi connectivity index (χ4n) is 1.46. The predicted octanol–water partition coefficient (Wildman–Crippen LogP) is 0.392. The van der Waals surface area contributed by atoms with Crippen molar-refractivity contribution in [3.05, 3.63) is 42.0 Å². The topological polar surface area (TPSA) is 103 Å². The van der Waals surface area contributed by atoms with Crippen LogP contribution in [0.15, 0.2) is 30.7 Å². The molecule has 0 spiro atoms. The summed E-state index contributed by atoms with van der Waals surface area (Å²) in [6, 6.07) is 3.52. The lowest BCUT2D eigenvalue weighted by Crippen LogP contribution is -2.25. The monoisotopic (exact) mass is 259 g/mol. The SMILES string of the molecule is COc1cc(CNC(=O)c2nccnc2N)ccn1. The second-order valence-electron chi connectivity index (χ2n) is 3.68. The van der Waals surface area contributed by atoms with Crippen LogP contribution in [0.2, 0.25) is 0 Å². The van der Waals surface area contributed by atoms with E-state index in [0.717, 1.165) is 5.56 Å². The largest absolute Gasteiger partial charge is 0.481 e. The van der Waals surface area contributed by atoms with Crippen molar-refractivity contribution in [2.24, 2.45) is 0 Å². The maximum Gasteiger partial charge on any atom is 0.273 e. The highest BCUT2D eigenvalue weighted by atomic mass is 16.5. The Hall–Kier alpha value is -2.70. The van der Waals surface area contributed by atoms with Gasteiger partial charge in [0.05, 0.1) is 7.11 Å². The van der Waals surface area contributed by atoms with E-state index in [1.807, 2.05) is 0 Å². The quantitative estimate of drug-likeness (QED) is 0.823. The maximum absolute atomic E-state index is 11.9. The van der Waals surface area contributed by atoms with Gasteiger partial charge in [0.15, 0.2) is 11.5 Å². The molecule has 0 atom stereocenters. The lowest BCUT2D eigenvalue weighted by molar-refractivity contribution is 0.0946. The lowest BCUT2D eigenvalue weighted by atomic mass is 10.2. The molecule has 3 N–H and O–H groups in total. The molecule has 0 saturated heterocycles. The fraction of sp³-hybridized carbons (Fsp3) is 0.167. The van der Waals surface area contributed by atoms with Crippen LogP contribution >= 0.6 is 0 Å². The molecule has 7 heteroatoms. The first-order valence-electron chi connectivity index (χ1n) is 5.54. The summed E-state index contributed by atoms with van der Waals surface area (Å²) >= 11 is 0. The molecule has 0 fully saturated rings. The molecule has 2 rings (SSSR count). The summed E-state index contributed by atoms with van der Waals surface area (Å²) in [5.74, 6) is 0.222. The molecule has 19 heavy (non-hydrogen) atoms. The van der Waals surface area contributed by atoms with E-state index in [-0.39, 0.29) is 17.4 Å². The molecule has 0 bridgehead atoms. The number of nitrogens with one attached hydrogen (secondary N) is 1. The summed E-state index contributed by atoms with van der Waals surface area (Å²) in [7, 11) is 1.53. The van der Waals surface area contributed by atoms with E-state index in [4.69, 9.17) is 10.5 Å². The Morgan fingerprint density at radius 1 is 1.32 bits per heavy atom. The summed E-state index contributed by atoms with van der Waals surface area (Å²) in [4.78, 5) is 23.5. The van der Waals surface area contributed by atoms with Gasteiger partial charge in [-0.15, -0.1) is 0 Å². The van der Waals surface area contributed by atoms with Crippen molar-refractivity contribution in [3.8, 4) is 5.88 Å². The molecule has 0 aliphatic rings. The third kappa shape index (κ3) is 3.15. The van der Waals surface area contributed by atoms with E-state index in [1.165, 1.54) is 19.5 Å². The Labute approximate surface area is 109 Å². The van der Waals surface area contributed by atoms with Crippen molar-refractivity contribution in [1.82, 2.24) is 20.3 Å². The van der Waals surface area contributed by atoms with Crippen LogP contribution in [0.4, 0.5) is 5.82 Å². The first-order chi connectivity index (χ1) is 9.20. The number of nitrogens with two attached hydrogens (primary N) is 1. The van der Waals surface area contributed by atoms with E-state index in [1.54, 1.807) is 18.3 Å². The van der Waals surface area contributed by atoms with Gasteiger partial charge in [0.1, 0.15) is 0 Å². The molecule has 1 amide bonds. The minimum Gasteiger partial charge on any atom is -0.481 e. The zero-order chi connectivity index (χ0) is 13.7. The highest BCUT2D eigenvalue weighted by Gasteiger charge is 2.11. The molecule has 0 radical (unpaired) electrons. The second kappa shape index (κ2) is 5.76. The smallest absolute Gasteiger partial charge is 0.273 e. The van der Waals surface area contributed by atoms with Gasteiger partial charge in [-0.05, 0) is 11.6 Å². The number of carbonyl (C=O) groups is 1. The van der Waals surface area contributed by atoms with Crippen LogP contribution < -0.4 is 15.8 Å². The molecule has 0 aromatic carbocycles. The summed E-state index contributed by atoms with van der Waals surface area (Å²) in [6.45, 7) is 0.327. The number of hydrogen-bond acceptors (Lipinski definition) is 6. The standard InChI is InChI=1S/C12H13N5O2/c1-19-9-6-8(2-3-14-9)7-17-12(18)10-11(13)16-5-4-15-10/h2-6H,7H2,1H3,(H2,13,16)(H,17,18). The van der Waals surface area contributed by atoms with Crippen molar-refractivity contribution in [2.75, 3.05) is 12.8 Å². The van der Waals surface area contributed by atoms with Crippen molar-refractivity contribution < 1.29 is 9.53 Å². The Morgan fingerprint density at radius 3 is 2.84 bits per heavy atom. The third-order valence-corrected chi connectivity index (χ3v) is 2.40. The van der Waals surface area contributed by atoms with Crippen molar-refractivity contribution >= 4 is 11.7 Å². The number of methoxy groups -OCH3 is 1. The minimum absolute atomic E-state index is 0.104. The van der Waals surface area contributed by atoms with Crippen molar-refractivity contribution in [1.29, 1.82) is 0 Å². The third-order valence-electron chi connectivity index (χ3n) is 2.40. The van der Waals surface area contributed by atoms with Gasteiger partial charge < -0.3 is 15.8 Å². The molecule has 2 aromatic heterocycles. The average Bonchev–Trinajstić information content (AvgIpc) is 2.45. The number of aromatic nitrogens is 3. The van der Waals surface area contributed by atoms with Crippen LogP contribution in [0.25, 0.3) is 0 Å². The average molecular weight is 259 g/mol. The summed E-state index contributed by atoms with van der Waals surface area (Å²) in [5, 5.41) is 2.70. The van der Waals surface area contributed by atoms with Gasteiger partial charge in [0, 0.05) is 31.2 Å². The van der Waals surface area contributed by atoms with Crippen molar-refractivity contribution in [2.45, 2.75) is 6.54 Å². The normalized spacial score (nSPS) is 9.95. The number of hydrogen-bond donors (Lipinski definition) is 2. The van der Waals surface area contributed by atoms with E-state index in [2.05, 4.69) is 20.3 Å². The Bertz CT molecular complexity index is 588. The molecule has 7 nitrogen and oxygen atoms in total. The van der Waals surface area contributed by atoms with Crippen LogP contribution in [0.5, 0.6) is 5.88 Å². The Morgan fingerprint density at radius 2 is 2.11 bits per heavy atom. The summed E-state index contributed by atoms with van der Waals surface area (Å²) < 4.78 is 5.00. The first kappa shape index (κ1) is 12.7. The summed E-state index contributed by atoms with van der Waals surface area (Å²) in [5.41, 5.74) is 6.55. The number of pyridine rings is 1. The molecule has 2 aromatic rings. The number of ether oxygens (including phenoxy) is 1. The molecule has 0 unspecified atom stereocenters. The molecule has 2 heterocycles. The van der Waals surface area contributed by atoms with E-state index in [9.17, 15) is 4.79 Å². The van der Waals surface area contributed by atoms with Gasteiger partial charge in [0.2, 0.25) is 5.88 Å². The molecule has 0 saturated carbocycles. The van der Waals surface area contributed by atoms with Gasteiger partial charge in [-0.25, -0.2) is 15.0 Å². The van der Waals surface area contributed by atoms with Gasteiger partial charge in [-0.3, -0.25) is 4.79 Å². The maximum atomic E-state index is 11.9. The fourth-order valence-corrected chi connectivity index (χ4v) is 1.46. The minimum atomic E-state index is -0.374. The van der Waals surface area contributed by atoms with Crippen LogP contribution in [0.3, 0.4) is 0 Å². The van der Waals surface area contributed by atoms with E-state index in [0.29, 0.717) is 12.4 Å². The zero-order valence-corrected chi connectivity index (χ0v) is 10.3. The zero-order valence-electron chi connectivity index (χ0n) is 10.3. The van der Waals surface area contributed by atoms with Gasteiger partial charge in [0.25, 0.3) is 5.91 Å². The van der Waals surface area contributed by atoms with Crippen LogP contribution in [-0.4, -0.2) is 28.0 Å². The summed E-state index contributed by atoms with van der Waals surface area (Å²) in [6.07, 6.45) is 4.46. The molecule has 98 valence electrons. The van der Waals surface area contributed by atoms with Gasteiger partial charge >= 0.3 is 0 Å². The number of anilines is 1. The molecular weight excluding hydrogens is 246 g/mol. The number of carbonyl (C=O) groups excluding carboxylic acids is 1. The van der Waals surface area contributed by atoms with Gasteiger partial charge in [-0.2, -0.15) is 0 Å². The first-order valence-corrected chi connectivity index (χ1v) is 5.54. The Kier molecular flexibility index (Phi) is 3.87. The molecule has 0 aliphatic carbocycles.